The van der Waals surface area contributed by atoms with E-state index in [-0.39, 0.29) is 12.3 Å². The molecule has 0 saturated heterocycles. The van der Waals surface area contributed by atoms with Gasteiger partial charge in [0.1, 0.15) is 11.8 Å². The van der Waals surface area contributed by atoms with E-state index in [9.17, 15) is 0 Å². The van der Waals surface area contributed by atoms with Gasteiger partial charge in [0.2, 0.25) is 6.79 Å². The monoisotopic (exact) mass is 276 g/mol. The van der Waals surface area contributed by atoms with Gasteiger partial charge in [-0.25, -0.2) is 0 Å². The zero-order valence-electron chi connectivity index (χ0n) is 12.3. The molecule has 0 spiro atoms. The van der Waals surface area contributed by atoms with E-state index in [1.54, 1.807) is 13.0 Å². The van der Waals surface area contributed by atoms with E-state index >= 15 is 0 Å². The summed E-state index contributed by atoms with van der Waals surface area (Å²) in [6.45, 7) is 8.85. The van der Waals surface area contributed by atoms with Crippen LogP contribution in [0.5, 0.6) is 17.2 Å². The highest BCUT2D eigenvalue weighted by molar-refractivity contribution is 5.52. The Morgan fingerprint density at radius 3 is 2.60 bits per heavy atom. The number of hydrogen-bond donors (Lipinski definition) is 1. The molecule has 1 N–H and O–H groups in total. The third-order valence-electron chi connectivity index (χ3n) is 2.85. The predicted molar refractivity (Wildman–Crippen MR) is 74.9 cm³/mol. The Morgan fingerprint density at radius 1 is 1.35 bits per heavy atom. The lowest BCUT2D eigenvalue weighted by Gasteiger charge is -2.22. The van der Waals surface area contributed by atoms with Crippen molar-refractivity contribution in [1.29, 1.82) is 5.26 Å². The van der Waals surface area contributed by atoms with Crippen LogP contribution in [0.3, 0.4) is 0 Å². The molecule has 1 atom stereocenters. The summed E-state index contributed by atoms with van der Waals surface area (Å²) in [5.41, 5.74) is 0.945. The summed E-state index contributed by atoms with van der Waals surface area (Å²) in [4.78, 5) is 0. The number of ether oxygens (including phenoxy) is 3. The molecule has 0 bridgehead atoms. The fourth-order valence-electron chi connectivity index (χ4n) is 1.79. The normalized spacial score (nSPS) is 14.8. The van der Waals surface area contributed by atoms with Crippen LogP contribution >= 0.6 is 0 Å². The minimum absolute atomic E-state index is 0.00547. The van der Waals surface area contributed by atoms with Crippen LogP contribution in [0.25, 0.3) is 0 Å². The van der Waals surface area contributed by atoms with E-state index in [2.05, 4.69) is 32.2 Å². The zero-order chi connectivity index (χ0) is 14.8. The molecule has 0 fully saturated rings. The predicted octanol–water partition coefficient (Wildman–Crippen LogP) is 2.59. The third-order valence-corrected chi connectivity index (χ3v) is 2.85. The van der Waals surface area contributed by atoms with Crippen molar-refractivity contribution in [3.05, 3.63) is 17.7 Å². The molecule has 1 aromatic rings. The van der Waals surface area contributed by atoms with Gasteiger partial charge in [-0.2, -0.15) is 5.26 Å². The average molecular weight is 276 g/mol. The second kappa shape index (κ2) is 5.59. The molecule has 1 unspecified atom stereocenters. The lowest BCUT2D eigenvalue weighted by atomic mass is 10.1. The minimum Gasteiger partial charge on any atom is -0.475 e. The van der Waals surface area contributed by atoms with Crippen LogP contribution < -0.4 is 19.5 Å². The third kappa shape index (κ3) is 3.55. The topological polar surface area (TPSA) is 63.5 Å². The first-order chi connectivity index (χ1) is 9.39. The summed E-state index contributed by atoms with van der Waals surface area (Å²) < 4.78 is 16.4. The molecule has 5 nitrogen and oxygen atoms in total. The molecular weight excluding hydrogens is 256 g/mol. The molecule has 0 saturated carbocycles. The molecule has 5 heteroatoms. The van der Waals surface area contributed by atoms with Crippen LogP contribution in [-0.2, 0) is 6.54 Å². The van der Waals surface area contributed by atoms with Gasteiger partial charge < -0.3 is 19.5 Å². The van der Waals surface area contributed by atoms with Gasteiger partial charge in [0, 0.05) is 23.7 Å². The quantitative estimate of drug-likeness (QED) is 0.915. The minimum atomic E-state index is -0.510. The summed E-state index contributed by atoms with van der Waals surface area (Å²) in [6, 6.07) is 5.76. The first-order valence-electron chi connectivity index (χ1n) is 6.63. The molecule has 1 heterocycles. The molecular formula is C15H20N2O3. The van der Waals surface area contributed by atoms with Crippen LogP contribution in [0.15, 0.2) is 12.1 Å². The van der Waals surface area contributed by atoms with Crippen molar-refractivity contribution in [1.82, 2.24) is 5.32 Å². The van der Waals surface area contributed by atoms with Gasteiger partial charge in [0.25, 0.3) is 0 Å². The molecule has 0 radical (unpaired) electrons. The molecule has 2 rings (SSSR count). The van der Waals surface area contributed by atoms with Crippen LogP contribution in [0.4, 0.5) is 0 Å². The Morgan fingerprint density at radius 2 is 2.00 bits per heavy atom. The highest BCUT2D eigenvalue weighted by Crippen LogP contribution is 2.38. The van der Waals surface area contributed by atoms with Crippen molar-refractivity contribution < 1.29 is 14.2 Å². The second-order valence-electron chi connectivity index (χ2n) is 5.81. The number of fused-ring (bicyclic) bond motifs is 1. The van der Waals surface area contributed by atoms with Crippen molar-refractivity contribution in [3.63, 3.8) is 0 Å². The lowest BCUT2D eigenvalue weighted by molar-refractivity contribution is 0.173. The van der Waals surface area contributed by atoms with Crippen molar-refractivity contribution in [3.8, 4) is 23.3 Å². The van der Waals surface area contributed by atoms with Gasteiger partial charge >= 0.3 is 0 Å². The van der Waals surface area contributed by atoms with Gasteiger partial charge in [-0.3, -0.25) is 0 Å². The zero-order valence-corrected chi connectivity index (χ0v) is 12.3. The van der Waals surface area contributed by atoms with Crippen LogP contribution in [0, 0.1) is 11.3 Å². The first kappa shape index (κ1) is 14.5. The van der Waals surface area contributed by atoms with E-state index in [1.807, 2.05) is 6.07 Å². The van der Waals surface area contributed by atoms with E-state index < -0.39 is 6.10 Å². The number of benzene rings is 1. The molecule has 0 aromatic heterocycles. The average Bonchev–Trinajstić information content (AvgIpc) is 2.81. The fraction of sp³-hybridized carbons (Fsp3) is 0.533. The summed E-state index contributed by atoms with van der Waals surface area (Å²) in [6.07, 6.45) is -0.510. The van der Waals surface area contributed by atoms with Crippen molar-refractivity contribution >= 4 is 0 Å². The van der Waals surface area contributed by atoms with E-state index in [0.717, 1.165) is 5.56 Å². The van der Waals surface area contributed by atoms with Gasteiger partial charge in [-0.05, 0) is 33.8 Å². The molecule has 1 aliphatic heterocycles. The summed E-state index contributed by atoms with van der Waals surface area (Å²) >= 11 is 0. The fourth-order valence-corrected chi connectivity index (χ4v) is 1.79. The highest BCUT2D eigenvalue weighted by Gasteiger charge is 2.20. The van der Waals surface area contributed by atoms with Crippen molar-refractivity contribution in [2.45, 2.75) is 45.9 Å². The number of hydrogen-bond acceptors (Lipinski definition) is 5. The second-order valence-corrected chi connectivity index (χ2v) is 5.81. The molecule has 1 aromatic carbocycles. The Bertz CT molecular complexity index is 529. The maximum Gasteiger partial charge on any atom is 0.231 e. The Balaban J connectivity index is 2.25. The van der Waals surface area contributed by atoms with Gasteiger partial charge in [0.15, 0.2) is 17.6 Å². The first-order valence-corrected chi connectivity index (χ1v) is 6.63. The standard InChI is InChI=1S/C15H20N2O3/c1-10(7-16)20-12-6-14-13(18-9-19-14)5-11(12)8-17-15(2,3)4/h5-6,10,17H,8-9H2,1-4H3. The van der Waals surface area contributed by atoms with Crippen molar-refractivity contribution in [2.24, 2.45) is 0 Å². The van der Waals surface area contributed by atoms with Crippen molar-refractivity contribution in [2.75, 3.05) is 6.79 Å². The van der Waals surface area contributed by atoms with Crippen LogP contribution in [0.1, 0.15) is 33.3 Å². The number of rotatable bonds is 4. The Labute approximate surface area is 119 Å². The van der Waals surface area contributed by atoms with E-state index in [1.165, 1.54) is 0 Å². The maximum atomic E-state index is 8.89. The number of nitrogens with one attached hydrogen (secondary N) is 1. The Hall–Kier alpha value is -1.93. The van der Waals surface area contributed by atoms with Gasteiger partial charge in [0.05, 0.1) is 0 Å². The number of nitrogens with zero attached hydrogens (tertiary/aromatic N) is 1. The molecule has 20 heavy (non-hydrogen) atoms. The highest BCUT2D eigenvalue weighted by atomic mass is 16.7. The summed E-state index contributed by atoms with van der Waals surface area (Å²) in [7, 11) is 0. The molecule has 108 valence electrons. The SMILES string of the molecule is CC(C#N)Oc1cc2c(cc1CNC(C)(C)C)OCO2. The largest absolute Gasteiger partial charge is 0.475 e. The maximum absolute atomic E-state index is 8.89. The summed E-state index contributed by atoms with van der Waals surface area (Å²) in [5.74, 6) is 2.03. The lowest BCUT2D eigenvalue weighted by Crippen LogP contribution is -2.35. The van der Waals surface area contributed by atoms with Crippen LogP contribution in [-0.4, -0.2) is 18.4 Å². The summed E-state index contributed by atoms with van der Waals surface area (Å²) in [5, 5.41) is 12.3. The Kier molecular flexibility index (Phi) is 4.05. The molecule has 0 amide bonds. The van der Waals surface area contributed by atoms with E-state index in [4.69, 9.17) is 19.5 Å². The van der Waals surface area contributed by atoms with Gasteiger partial charge in [-0.15, -0.1) is 0 Å². The van der Waals surface area contributed by atoms with E-state index in [0.29, 0.717) is 23.8 Å². The van der Waals surface area contributed by atoms with Gasteiger partial charge in [-0.1, -0.05) is 0 Å². The van der Waals surface area contributed by atoms with Crippen LogP contribution in [0.2, 0.25) is 0 Å². The number of nitriles is 1. The molecule has 1 aliphatic rings. The smallest absolute Gasteiger partial charge is 0.231 e. The molecule has 0 aliphatic carbocycles.